The molecule has 0 saturated carbocycles. The number of carbonyl (C=O) groups is 1. The number of hydrogen-bond acceptors (Lipinski definition) is 3. The number of nitrogens with zero attached hydrogens (tertiary/aromatic N) is 1. The first-order chi connectivity index (χ1) is 13.4. The lowest BCUT2D eigenvalue weighted by Gasteiger charge is -2.31. The van der Waals surface area contributed by atoms with E-state index in [1.807, 2.05) is 4.90 Å². The van der Waals surface area contributed by atoms with Crippen molar-refractivity contribution in [3.8, 4) is 0 Å². The van der Waals surface area contributed by atoms with Gasteiger partial charge in [-0.2, -0.15) is 13.2 Å². The normalized spacial score (nSPS) is 19.8. The van der Waals surface area contributed by atoms with Gasteiger partial charge in [0, 0.05) is 13.1 Å². The Morgan fingerprint density at radius 3 is 2.36 bits per heavy atom. The van der Waals surface area contributed by atoms with Gasteiger partial charge in [-0.05, 0) is 43.9 Å². The fourth-order valence-corrected chi connectivity index (χ4v) is 3.90. The van der Waals surface area contributed by atoms with Gasteiger partial charge in [-0.3, -0.25) is 4.79 Å². The van der Waals surface area contributed by atoms with E-state index in [1.165, 1.54) is 30.2 Å². The number of alkyl halides is 3. The molecular formula is C20H29F3N3O2+. The molecule has 28 heavy (non-hydrogen) atoms. The van der Waals surface area contributed by atoms with E-state index in [9.17, 15) is 18.0 Å². The van der Waals surface area contributed by atoms with Crippen LogP contribution < -0.4 is 15.1 Å². The summed E-state index contributed by atoms with van der Waals surface area (Å²) in [5.74, 6) is -0.232. The number of quaternary nitrogens is 1. The zero-order valence-electron chi connectivity index (χ0n) is 16.1. The van der Waals surface area contributed by atoms with Crippen LogP contribution in [0.15, 0.2) is 18.2 Å². The molecule has 0 bridgehead atoms. The third-order valence-electron chi connectivity index (χ3n) is 5.42. The number of carbonyl (C=O) groups excluding carboxylic acids is 1. The van der Waals surface area contributed by atoms with E-state index in [2.05, 4.69) is 5.32 Å². The topological polar surface area (TPSA) is 46.0 Å². The van der Waals surface area contributed by atoms with Crippen LogP contribution >= 0.6 is 0 Å². The smallest absolute Gasteiger partial charge is 0.378 e. The molecule has 5 nitrogen and oxygen atoms in total. The molecule has 2 fully saturated rings. The van der Waals surface area contributed by atoms with Crippen molar-refractivity contribution in [2.24, 2.45) is 0 Å². The summed E-state index contributed by atoms with van der Waals surface area (Å²) in [4.78, 5) is 15.8. The number of likely N-dealkylation sites (tertiary alicyclic amines) is 1. The molecule has 0 aromatic heterocycles. The van der Waals surface area contributed by atoms with Gasteiger partial charge in [-0.25, -0.2) is 0 Å². The third kappa shape index (κ3) is 5.85. The number of anilines is 2. The Morgan fingerprint density at radius 1 is 1.07 bits per heavy atom. The molecule has 0 unspecified atom stereocenters. The summed E-state index contributed by atoms with van der Waals surface area (Å²) in [6.07, 6.45) is 1.33. The minimum Gasteiger partial charge on any atom is -0.378 e. The van der Waals surface area contributed by atoms with Gasteiger partial charge in [0.1, 0.15) is 0 Å². The maximum Gasteiger partial charge on any atom is 0.416 e. The molecule has 0 spiro atoms. The van der Waals surface area contributed by atoms with Crippen LogP contribution in [0.3, 0.4) is 0 Å². The molecule has 2 aliphatic heterocycles. The number of hydrogen-bond donors (Lipinski definition) is 2. The zero-order valence-corrected chi connectivity index (χ0v) is 16.1. The van der Waals surface area contributed by atoms with Crippen molar-refractivity contribution in [3.05, 3.63) is 23.8 Å². The van der Waals surface area contributed by atoms with Crippen molar-refractivity contribution >= 4 is 17.3 Å². The van der Waals surface area contributed by atoms with Crippen LogP contribution in [-0.2, 0) is 15.7 Å². The summed E-state index contributed by atoms with van der Waals surface area (Å²) in [5, 5.41) is 2.76. The van der Waals surface area contributed by atoms with E-state index in [4.69, 9.17) is 4.74 Å². The number of rotatable bonds is 4. The molecule has 8 heteroatoms. The van der Waals surface area contributed by atoms with Crippen molar-refractivity contribution < 1.29 is 27.6 Å². The second-order valence-electron chi connectivity index (χ2n) is 7.57. The van der Waals surface area contributed by atoms with Crippen molar-refractivity contribution in [1.29, 1.82) is 0 Å². The highest BCUT2D eigenvalue weighted by Gasteiger charge is 2.32. The minimum absolute atomic E-state index is 0.230. The second kappa shape index (κ2) is 9.60. The number of ether oxygens (including phenoxy) is 1. The van der Waals surface area contributed by atoms with Gasteiger partial charge < -0.3 is 19.9 Å². The Labute approximate surface area is 163 Å². The molecular weight excluding hydrogens is 371 g/mol. The first-order valence-electron chi connectivity index (χ1n) is 10.1. The number of amides is 1. The first kappa shape index (κ1) is 20.9. The predicted molar refractivity (Wildman–Crippen MR) is 102 cm³/mol. The van der Waals surface area contributed by atoms with Crippen molar-refractivity contribution in [3.63, 3.8) is 0 Å². The quantitative estimate of drug-likeness (QED) is 0.816. The van der Waals surface area contributed by atoms with Crippen LogP contribution in [0.25, 0.3) is 0 Å². The SMILES string of the molecule is O=C(C[NH+]1CCCCCCC1)Nc1cc(C(F)(F)F)ccc1N1CCOCC1. The molecule has 1 aromatic carbocycles. The Morgan fingerprint density at radius 2 is 1.71 bits per heavy atom. The Hall–Kier alpha value is -1.80. The minimum atomic E-state index is -4.45. The van der Waals surface area contributed by atoms with Gasteiger partial charge in [-0.1, -0.05) is 6.42 Å². The van der Waals surface area contributed by atoms with E-state index in [0.29, 0.717) is 38.5 Å². The average molecular weight is 400 g/mol. The maximum atomic E-state index is 13.2. The van der Waals surface area contributed by atoms with E-state index in [1.54, 1.807) is 0 Å². The molecule has 156 valence electrons. The molecule has 2 saturated heterocycles. The van der Waals surface area contributed by atoms with Crippen LogP contribution in [0.4, 0.5) is 24.5 Å². The van der Waals surface area contributed by atoms with Crippen LogP contribution in [-0.4, -0.2) is 51.8 Å². The summed E-state index contributed by atoms with van der Waals surface area (Å²) < 4.78 is 44.9. The highest BCUT2D eigenvalue weighted by Crippen LogP contribution is 2.35. The number of benzene rings is 1. The standard InChI is InChI=1S/C20H28F3N3O2/c21-20(22,23)16-6-7-18(26-10-12-28-13-11-26)17(14-16)24-19(27)15-25-8-4-2-1-3-5-9-25/h6-7,14H,1-5,8-13,15H2,(H,24,27)/p+1. The van der Waals surface area contributed by atoms with E-state index in [0.717, 1.165) is 38.1 Å². The summed E-state index contributed by atoms with van der Waals surface area (Å²) in [5.41, 5.74) is 0.0962. The molecule has 2 N–H and O–H groups in total. The van der Waals surface area contributed by atoms with Crippen LogP contribution in [0, 0.1) is 0 Å². The van der Waals surface area contributed by atoms with Gasteiger partial charge in [0.05, 0.1) is 43.2 Å². The molecule has 1 amide bonds. The fourth-order valence-electron chi connectivity index (χ4n) is 3.90. The highest BCUT2D eigenvalue weighted by atomic mass is 19.4. The largest absolute Gasteiger partial charge is 0.416 e. The third-order valence-corrected chi connectivity index (χ3v) is 5.42. The van der Waals surface area contributed by atoms with E-state index < -0.39 is 11.7 Å². The first-order valence-corrected chi connectivity index (χ1v) is 10.1. The van der Waals surface area contributed by atoms with Gasteiger partial charge in [0.15, 0.2) is 6.54 Å². The van der Waals surface area contributed by atoms with E-state index in [-0.39, 0.29) is 11.6 Å². The maximum absolute atomic E-state index is 13.2. The van der Waals surface area contributed by atoms with Gasteiger partial charge >= 0.3 is 6.18 Å². The molecule has 0 aliphatic carbocycles. The lowest BCUT2D eigenvalue weighted by atomic mass is 10.1. The van der Waals surface area contributed by atoms with Gasteiger partial charge in [-0.15, -0.1) is 0 Å². The molecule has 3 rings (SSSR count). The van der Waals surface area contributed by atoms with Crippen molar-refractivity contribution in [1.82, 2.24) is 0 Å². The van der Waals surface area contributed by atoms with Crippen LogP contribution in [0.5, 0.6) is 0 Å². The number of nitrogens with one attached hydrogen (secondary N) is 2. The second-order valence-corrected chi connectivity index (χ2v) is 7.57. The summed E-state index contributed by atoms with van der Waals surface area (Å²) >= 11 is 0. The van der Waals surface area contributed by atoms with E-state index >= 15 is 0 Å². The van der Waals surface area contributed by atoms with Crippen LogP contribution in [0.1, 0.15) is 37.7 Å². The lowest BCUT2D eigenvalue weighted by molar-refractivity contribution is -0.892. The zero-order chi connectivity index (χ0) is 20.0. The van der Waals surface area contributed by atoms with Crippen molar-refractivity contribution in [2.45, 2.75) is 38.3 Å². The van der Waals surface area contributed by atoms with Gasteiger partial charge in [0.2, 0.25) is 0 Å². The van der Waals surface area contributed by atoms with Crippen molar-refractivity contribution in [2.75, 3.05) is 56.2 Å². The highest BCUT2D eigenvalue weighted by molar-refractivity contribution is 5.95. The van der Waals surface area contributed by atoms with Crippen LogP contribution in [0.2, 0.25) is 0 Å². The molecule has 2 heterocycles. The monoisotopic (exact) mass is 400 g/mol. The molecule has 0 radical (unpaired) electrons. The Balaban J connectivity index is 1.74. The average Bonchev–Trinajstić information content (AvgIpc) is 2.64. The Kier molecular flexibility index (Phi) is 7.18. The Bertz CT molecular complexity index is 653. The summed E-state index contributed by atoms with van der Waals surface area (Å²) in [7, 11) is 0. The number of halogens is 3. The molecule has 2 aliphatic rings. The summed E-state index contributed by atoms with van der Waals surface area (Å²) in [6.45, 7) is 4.38. The fraction of sp³-hybridized carbons (Fsp3) is 0.650. The predicted octanol–water partition coefficient (Wildman–Crippen LogP) is 2.33. The number of morpholine rings is 1. The summed E-state index contributed by atoms with van der Waals surface area (Å²) in [6, 6.07) is 3.57. The lowest BCUT2D eigenvalue weighted by Crippen LogP contribution is -3.13. The van der Waals surface area contributed by atoms with Gasteiger partial charge in [0.25, 0.3) is 5.91 Å². The molecule has 1 aromatic rings. The molecule has 0 atom stereocenters.